The zero-order valence-corrected chi connectivity index (χ0v) is 8.90. The van der Waals surface area contributed by atoms with Crippen LogP contribution in [0.4, 0.5) is 0 Å². The second-order valence-electron chi connectivity index (χ2n) is 2.61. The van der Waals surface area contributed by atoms with Crippen molar-refractivity contribution in [2.24, 2.45) is 0 Å². The van der Waals surface area contributed by atoms with Crippen LogP contribution in [0, 0.1) is 0 Å². The maximum atomic E-state index is 2.18. The van der Waals surface area contributed by atoms with E-state index in [1.54, 1.807) is 0 Å². The molecule has 0 amide bonds. The number of likely N-dealkylation sites (N-methyl/N-ethyl adjacent to an activating group) is 2. The van der Waals surface area contributed by atoms with Crippen molar-refractivity contribution in [1.29, 1.82) is 0 Å². The van der Waals surface area contributed by atoms with Crippen molar-refractivity contribution in [3.63, 3.8) is 0 Å². The predicted molar refractivity (Wildman–Crippen MR) is 37.1 cm³/mol. The van der Waals surface area contributed by atoms with Crippen LogP contribution in [0.1, 0.15) is 0 Å². The first-order chi connectivity index (χ1) is 3.63. The van der Waals surface area contributed by atoms with Gasteiger partial charge in [-0.25, -0.2) is 0 Å². The third kappa shape index (κ3) is 31.9. The monoisotopic (exact) mass is 229 g/mol. The number of nitrogens with zero attached hydrogens (tertiary/aromatic N) is 2. The Morgan fingerprint density at radius 1 is 0.667 bits per heavy atom. The van der Waals surface area contributed by atoms with E-state index in [-0.39, 0.29) is 31.2 Å². The van der Waals surface area contributed by atoms with E-state index in [1.165, 1.54) is 0 Å². The molecule has 0 atom stereocenters. The molecule has 0 aliphatic rings. The van der Waals surface area contributed by atoms with Gasteiger partial charge in [0, 0.05) is 13.1 Å². The van der Waals surface area contributed by atoms with Gasteiger partial charge in [-0.05, 0) is 28.2 Å². The molecule has 2 nitrogen and oxygen atoms in total. The summed E-state index contributed by atoms with van der Waals surface area (Å²) in [6.07, 6.45) is 0. The summed E-state index contributed by atoms with van der Waals surface area (Å²) in [6.45, 7) is 2.29. The summed E-state index contributed by atoms with van der Waals surface area (Å²) in [6, 6.07) is 0. The Bertz CT molecular complexity index is 56.8. The predicted octanol–water partition coefficient (Wildman–Crippen LogP) is -8.88. The van der Waals surface area contributed by atoms with Crippen molar-refractivity contribution in [3.05, 3.63) is 0 Å². The molecule has 79 valence electrons. The molecule has 0 aromatic heterocycles. The normalized spacial score (nSPS) is 7.50. The van der Waals surface area contributed by atoms with Gasteiger partial charge in [0.25, 0.3) is 0 Å². The Kier molecular flexibility index (Phi) is 42.7. The van der Waals surface area contributed by atoms with E-state index in [1.807, 2.05) is 0 Å². The van der Waals surface area contributed by atoms with Gasteiger partial charge < -0.3 is 23.9 Å². The third-order valence-electron chi connectivity index (χ3n) is 0.994. The van der Waals surface area contributed by atoms with Gasteiger partial charge in [0.15, 0.2) is 0 Å². The quantitative estimate of drug-likeness (QED) is 0.443. The van der Waals surface area contributed by atoms with Crippen LogP contribution >= 0.6 is 0 Å². The minimum Gasteiger partial charge on any atom is -1.00 e. The standard InChI is InChI=1S/C6H16N2.3FH.Fe/c1-7(2)5-6-8(3)4;;;;/h5-6H2,1-4H3;3*1H;/q;;;;+3/p-3. The fraction of sp³-hybridized carbons (Fsp3) is 1.00. The molecule has 0 heterocycles. The van der Waals surface area contributed by atoms with E-state index < -0.39 is 0 Å². The zero-order valence-electron chi connectivity index (χ0n) is 7.80. The molecule has 0 unspecified atom stereocenters. The van der Waals surface area contributed by atoms with Gasteiger partial charge in [0.1, 0.15) is 0 Å². The van der Waals surface area contributed by atoms with Crippen LogP contribution in [0.2, 0.25) is 0 Å². The van der Waals surface area contributed by atoms with Crippen molar-refractivity contribution in [2.45, 2.75) is 0 Å². The molecule has 12 heavy (non-hydrogen) atoms. The van der Waals surface area contributed by atoms with E-state index in [0.717, 1.165) is 13.1 Å². The second kappa shape index (κ2) is 17.4. The average Bonchev–Trinajstić information content (AvgIpc) is 1.61. The molecule has 0 fully saturated rings. The summed E-state index contributed by atoms with van der Waals surface area (Å²) in [4.78, 5) is 4.36. The van der Waals surface area contributed by atoms with Gasteiger partial charge in [0.2, 0.25) is 0 Å². The molecule has 0 aliphatic heterocycles. The first kappa shape index (κ1) is 29.5. The molecule has 0 aromatic carbocycles. The maximum absolute atomic E-state index is 2.18. The molecule has 0 N–H and O–H groups in total. The Balaban J connectivity index is -0.0000000408. The first-order valence-corrected chi connectivity index (χ1v) is 2.92. The Labute approximate surface area is 82.9 Å². The van der Waals surface area contributed by atoms with Crippen LogP contribution in [0.15, 0.2) is 0 Å². The second-order valence-corrected chi connectivity index (χ2v) is 2.61. The molecule has 0 aliphatic carbocycles. The number of halogens is 3. The van der Waals surface area contributed by atoms with Crippen LogP contribution in [0.5, 0.6) is 0 Å². The van der Waals surface area contributed by atoms with Crippen molar-refractivity contribution < 1.29 is 31.2 Å². The summed E-state index contributed by atoms with van der Waals surface area (Å²) in [5.74, 6) is 0. The third-order valence-corrected chi connectivity index (χ3v) is 0.994. The largest absolute Gasteiger partial charge is 3.00 e. The van der Waals surface area contributed by atoms with Gasteiger partial charge in [0.05, 0.1) is 0 Å². The van der Waals surface area contributed by atoms with Gasteiger partial charge in [-0.1, -0.05) is 0 Å². The van der Waals surface area contributed by atoms with Crippen LogP contribution < -0.4 is 14.1 Å². The van der Waals surface area contributed by atoms with Gasteiger partial charge in [-0.15, -0.1) is 0 Å². The minimum absolute atomic E-state index is 0. The molecule has 0 bridgehead atoms. The average molecular weight is 229 g/mol. The van der Waals surface area contributed by atoms with E-state index in [4.69, 9.17) is 0 Å². The molecule has 1 radical (unpaired) electrons. The fourth-order valence-electron chi connectivity index (χ4n) is 0.400. The van der Waals surface area contributed by atoms with E-state index in [2.05, 4.69) is 38.0 Å². The maximum Gasteiger partial charge on any atom is 3.00 e. The summed E-state index contributed by atoms with van der Waals surface area (Å²) in [7, 11) is 8.35. The molecular formula is C6H16F3FeN2. The molecule has 0 rings (SSSR count). The zero-order chi connectivity index (χ0) is 6.57. The fourth-order valence-corrected chi connectivity index (χ4v) is 0.400. The summed E-state index contributed by atoms with van der Waals surface area (Å²) in [5, 5.41) is 0. The van der Waals surface area contributed by atoms with Crippen LogP contribution in [0.25, 0.3) is 0 Å². The van der Waals surface area contributed by atoms with Crippen molar-refractivity contribution in [3.8, 4) is 0 Å². The molecular weight excluding hydrogens is 213 g/mol. The summed E-state index contributed by atoms with van der Waals surface area (Å²) in [5.41, 5.74) is 0. The van der Waals surface area contributed by atoms with Crippen LogP contribution in [-0.2, 0) is 17.1 Å². The molecule has 0 spiro atoms. The van der Waals surface area contributed by atoms with Gasteiger partial charge in [-0.2, -0.15) is 0 Å². The van der Waals surface area contributed by atoms with Gasteiger partial charge >= 0.3 is 17.1 Å². The Morgan fingerprint density at radius 2 is 0.833 bits per heavy atom. The minimum atomic E-state index is 0. The Morgan fingerprint density at radius 3 is 0.917 bits per heavy atom. The Hall–Kier alpha value is 0.229. The molecule has 6 heteroatoms. The summed E-state index contributed by atoms with van der Waals surface area (Å²) < 4.78 is 0. The topological polar surface area (TPSA) is 6.48 Å². The SMILES string of the molecule is CN(C)CCN(C)C.[F-].[F-].[F-].[Fe+3]. The van der Waals surface area contributed by atoms with Crippen molar-refractivity contribution >= 4 is 0 Å². The molecule has 0 aromatic rings. The van der Waals surface area contributed by atoms with Crippen LogP contribution in [-0.4, -0.2) is 51.1 Å². The summed E-state index contributed by atoms with van der Waals surface area (Å²) >= 11 is 0. The molecule has 0 saturated carbocycles. The van der Waals surface area contributed by atoms with Crippen molar-refractivity contribution in [2.75, 3.05) is 41.3 Å². The van der Waals surface area contributed by atoms with Crippen LogP contribution in [0.3, 0.4) is 0 Å². The smallest absolute Gasteiger partial charge is 1.00 e. The van der Waals surface area contributed by atoms with E-state index in [9.17, 15) is 0 Å². The molecule has 0 saturated heterocycles. The van der Waals surface area contributed by atoms with E-state index >= 15 is 0 Å². The number of hydrogen-bond donors (Lipinski definition) is 0. The van der Waals surface area contributed by atoms with E-state index in [0.29, 0.717) is 0 Å². The van der Waals surface area contributed by atoms with Crippen molar-refractivity contribution in [1.82, 2.24) is 9.80 Å². The number of hydrogen-bond acceptors (Lipinski definition) is 2. The number of rotatable bonds is 3. The first-order valence-electron chi connectivity index (χ1n) is 2.92. The van der Waals surface area contributed by atoms with Gasteiger partial charge in [-0.3, -0.25) is 0 Å².